The van der Waals surface area contributed by atoms with Crippen molar-refractivity contribution < 1.29 is 9.90 Å². The van der Waals surface area contributed by atoms with E-state index in [9.17, 15) is 4.79 Å². The molecular formula is C20H25N3O2. The van der Waals surface area contributed by atoms with Crippen molar-refractivity contribution in [1.29, 1.82) is 0 Å². The van der Waals surface area contributed by atoms with Crippen molar-refractivity contribution in [1.82, 2.24) is 15.3 Å². The quantitative estimate of drug-likeness (QED) is 0.811. The van der Waals surface area contributed by atoms with Crippen molar-refractivity contribution in [2.75, 3.05) is 6.61 Å². The van der Waals surface area contributed by atoms with Crippen LogP contribution in [0.15, 0.2) is 42.6 Å². The predicted octanol–water partition coefficient (Wildman–Crippen LogP) is 3.38. The van der Waals surface area contributed by atoms with Gasteiger partial charge in [-0.15, -0.1) is 0 Å². The smallest absolute Gasteiger partial charge is 0.270 e. The number of nitrogens with one attached hydrogen (secondary N) is 1. The molecule has 25 heavy (non-hydrogen) atoms. The van der Waals surface area contributed by atoms with Gasteiger partial charge in [0.15, 0.2) is 0 Å². The molecule has 1 atom stereocenters. The van der Waals surface area contributed by atoms with E-state index in [0.717, 1.165) is 24.2 Å². The second-order valence-electron chi connectivity index (χ2n) is 6.58. The number of nitrogens with zero attached hydrogens (tertiary/aromatic N) is 2. The van der Waals surface area contributed by atoms with E-state index < -0.39 is 0 Å². The molecular weight excluding hydrogens is 314 g/mol. The molecule has 0 saturated heterocycles. The number of carbonyl (C=O) groups is 1. The zero-order chi connectivity index (χ0) is 17.5. The molecule has 132 valence electrons. The summed E-state index contributed by atoms with van der Waals surface area (Å²) in [6.45, 7) is 0.110. The number of aromatic nitrogens is 2. The van der Waals surface area contributed by atoms with Crippen LogP contribution in [0.5, 0.6) is 0 Å². The lowest BCUT2D eigenvalue weighted by Gasteiger charge is -2.19. The number of aliphatic hydroxyl groups excluding tert-OH is 1. The van der Waals surface area contributed by atoms with Crippen LogP contribution < -0.4 is 5.32 Å². The van der Waals surface area contributed by atoms with Gasteiger partial charge in [-0.2, -0.15) is 0 Å². The minimum absolute atomic E-state index is 0.110. The number of hydrogen-bond donors (Lipinski definition) is 2. The van der Waals surface area contributed by atoms with E-state index in [1.165, 1.54) is 12.8 Å². The fourth-order valence-corrected chi connectivity index (χ4v) is 3.42. The summed E-state index contributed by atoms with van der Waals surface area (Å²) in [6.07, 6.45) is 7.64. The Bertz CT molecular complexity index is 684. The van der Waals surface area contributed by atoms with Crippen LogP contribution in [0.2, 0.25) is 0 Å². The zero-order valence-corrected chi connectivity index (χ0v) is 14.4. The molecule has 0 aliphatic heterocycles. The van der Waals surface area contributed by atoms with Gasteiger partial charge in [-0.25, -0.2) is 9.97 Å². The average Bonchev–Trinajstić information content (AvgIpc) is 3.20. The summed E-state index contributed by atoms with van der Waals surface area (Å²) >= 11 is 0. The maximum Gasteiger partial charge on any atom is 0.270 e. The molecule has 1 aliphatic carbocycles. The zero-order valence-electron chi connectivity index (χ0n) is 14.4. The molecule has 2 aromatic rings. The largest absolute Gasteiger partial charge is 0.396 e. The van der Waals surface area contributed by atoms with Crippen LogP contribution in [0.4, 0.5) is 0 Å². The standard InChI is InChI=1S/C20H25N3O2/c24-14-6-11-17(15-7-2-1-3-8-15)23-20(25)18-12-13-21-19(22-18)16-9-4-5-10-16/h1-3,7-8,12-13,16-17,24H,4-6,9-11,14H2,(H,23,25). The predicted molar refractivity (Wildman–Crippen MR) is 96.2 cm³/mol. The van der Waals surface area contributed by atoms with Gasteiger partial charge >= 0.3 is 0 Å². The molecule has 1 amide bonds. The van der Waals surface area contributed by atoms with Crippen LogP contribution in [0.25, 0.3) is 0 Å². The first-order valence-electron chi connectivity index (χ1n) is 9.07. The lowest BCUT2D eigenvalue weighted by Crippen LogP contribution is -2.29. The van der Waals surface area contributed by atoms with Crippen molar-refractivity contribution in [3.05, 3.63) is 59.7 Å². The highest BCUT2D eigenvalue weighted by atomic mass is 16.3. The van der Waals surface area contributed by atoms with Crippen LogP contribution in [0, 0.1) is 0 Å². The Balaban J connectivity index is 1.73. The van der Waals surface area contributed by atoms with Crippen LogP contribution in [-0.2, 0) is 0 Å². The molecule has 1 heterocycles. The molecule has 0 radical (unpaired) electrons. The van der Waals surface area contributed by atoms with Gasteiger partial charge in [-0.05, 0) is 37.3 Å². The highest BCUT2D eigenvalue weighted by Crippen LogP contribution is 2.31. The molecule has 0 bridgehead atoms. The molecule has 3 rings (SSSR count). The van der Waals surface area contributed by atoms with E-state index in [4.69, 9.17) is 5.11 Å². The first-order chi connectivity index (χ1) is 12.3. The number of hydrogen-bond acceptors (Lipinski definition) is 4. The van der Waals surface area contributed by atoms with Crippen molar-refractivity contribution in [3.63, 3.8) is 0 Å². The highest BCUT2D eigenvalue weighted by molar-refractivity contribution is 5.92. The third kappa shape index (κ3) is 4.63. The lowest BCUT2D eigenvalue weighted by atomic mass is 10.0. The topological polar surface area (TPSA) is 75.1 Å². The third-order valence-electron chi connectivity index (χ3n) is 4.79. The van der Waals surface area contributed by atoms with E-state index in [0.29, 0.717) is 24.5 Å². The highest BCUT2D eigenvalue weighted by Gasteiger charge is 2.22. The van der Waals surface area contributed by atoms with Gasteiger partial charge in [-0.1, -0.05) is 43.2 Å². The minimum Gasteiger partial charge on any atom is -0.396 e. The molecule has 1 fully saturated rings. The fraction of sp³-hybridized carbons (Fsp3) is 0.450. The Hall–Kier alpha value is -2.27. The summed E-state index contributed by atoms with van der Waals surface area (Å²) in [4.78, 5) is 21.6. The minimum atomic E-state index is -0.187. The summed E-state index contributed by atoms with van der Waals surface area (Å²) < 4.78 is 0. The van der Waals surface area contributed by atoms with Gasteiger partial charge < -0.3 is 10.4 Å². The first kappa shape index (κ1) is 17.5. The average molecular weight is 339 g/mol. The molecule has 1 aromatic heterocycles. The van der Waals surface area contributed by atoms with Crippen molar-refractivity contribution in [2.24, 2.45) is 0 Å². The van der Waals surface area contributed by atoms with Crippen molar-refractivity contribution in [2.45, 2.75) is 50.5 Å². The maximum atomic E-state index is 12.7. The van der Waals surface area contributed by atoms with E-state index >= 15 is 0 Å². The molecule has 1 aliphatic rings. The Kier molecular flexibility index (Phi) is 6.12. The Morgan fingerprint density at radius 2 is 1.96 bits per heavy atom. The number of aliphatic hydroxyl groups is 1. The molecule has 1 aromatic carbocycles. The summed E-state index contributed by atoms with van der Waals surface area (Å²) in [5.41, 5.74) is 1.45. The fourth-order valence-electron chi connectivity index (χ4n) is 3.42. The molecule has 1 saturated carbocycles. The van der Waals surface area contributed by atoms with Crippen LogP contribution in [0.3, 0.4) is 0 Å². The third-order valence-corrected chi connectivity index (χ3v) is 4.79. The summed E-state index contributed by atoms with van der Waals surface area (Å²) in [5, 5.41) is 12.2. The number of carbonyl (C=O) groups excluding carboxylic acids is 1. The van der Waals surface area contributed by atoms with E-state index in [2.05, 4.69) is 15.3 Å². The number of benzene rings is 1. The molecule has 1 unspecified atom stereocenters. The number of amides is 1. The van der Waals surface area contributed by atoms with Crippen molar-refractivity contribution >= 4 is 5.91 Å². The first-order valence-corrected chi connectivity index (χ1v) is 9.07. The van der Waals surface area contributed by atoms with Gasteiger partial charge in [0.05, 0.1) is 6.04 Å². The van der Waals surface area contributed by atoms with E-state index in [1.807, 2.05) is 30.3 Å². The van der Waals surface area contributed by atoms with E-state index in [1.54, 1.807) is 12.3 Å². The monoisotopic (exact) mass is 339 g/mol. The summed E-state index contributed by atoms with van der Waals surface area (Å²) in [5.74, 6) is 0.984. The van der Waals surface area contributed by atoms with Gasteiger partial charge in [0.1, 0.15) is 11.5 Å². The van der Waals surface area contributed by atoms with Crippen LogP contribution >= 0.6 is 0 Å². The second kappa shape index (κ2) is 8.72. The second-order valence-corrected chi connectivity index (χ2v) is 6.58. The Labute approximate surface area is 148 Å². The molecule has 5 heteroatoms. The van der Waals surface area contributed by atoms with E-state index in [-0.39, 0.29) is 18.6 Å². The Morgan fingerprint density at radius 1 is 1.20 bits per heavy atom. The summed E-state index contributed by atoms with van der Waals surface area (Å²) in [7, 11) is 0. The van der Waals surface area contributed by atoms with Gasteiger partial charge in [0.25, 0.3) is 5.91 Å². The van der Waals surface area contributed by atoms with Crippen LogP contribution in [-0.4, -0.2) is 27.6 Å². The molecule has 0 spiro atoms. The number of rotatable bonds is 7. The van der Waals surface area contributed by atoms with Crippen molar-refractivity contribution in [3.8, 4) is 0 Å². The lowest BCUT2D eigenvalue weighted by molar-refractivity contribution is 0.0926. The Morgan fingerprint density at radius 3 is 2.68 bits per heavy atom. The van der Waals surface area contributed by atoms with Gasteiger partial charge in [0, 0.05) is 18.7 Å². The molecule has 2 N–H and O–H groups in total. The summed E-state index contributed by atoms with van der Waals surface area (Å²) in [6, 6.07) is 11.4. The molecule has 5 nitrogen and oxygen atoms in total. The SMILES string of the molecule is O=C(NC(CCCO)c1ccccc1)c1ccnc(C2CCCC2)n1. The van der Waals surface area contributed by atoms with Crippen LogP contribution in [0.1, 0.15) is 72.4 Å². The maximum absolute atomic E-state index is 12.7. The van der Waals surface area contributed by atoms with Gasteiger partial charge in [-0.3, -0.25) is 4.79 Å². The normalized spacial score (nSPS) is 15.9. The van der Waals surface area contributed by atoms with Gasteiger partial charge in [0.2, 0.25) is 0 Å².